The van der Waals surface area contributed by atoms with E-state index < -0.39 is 0 Å². The molecule has 4 heterocycles. The number of pyridine rings is 2. The van der Waals surface area contributed by atoms with Gasteiger partial charge in [-0.1, -0.05) is 18.2 Å². The molecular weight excluding hydrogens is 444 g/mol. The van der Waals surface area contributed by atoms with Crippen molar-refractivity contribution in [3.8, 4) is 5.88 Å². The SMILES string of the molecule is C=C1OCCNc2c1c(=O)n(C)c1ccc(Nc3cc(OC4CCOCC4)ncc3Cl)cc21. The van der Waals surface area contributed by atoms with Crippen LogP contribution in [0.15, 0.2) is 41.8 Å². The molecule has 0 amide bonds. The molecule has 1 saturated heterocycles. The number of hydrogen-bond donors (Lipinski definition) is 2. The minimum absolute atomic E-state index is 0.0825. The summed E-state index contributed by atoms with van der Waals surface area (Å²) in [5.74, 6) is 0.893. The van der Waals surface area contributed by atoms with Gasteiger partial charge in [0.2, 0.25) is 5.88 Å². The second-order valence-electron chi connectivity index (χ2n) is 8.10. The van der Waals surface area contributed by atoms with E-state index in [-0.39, 0.29) is 11.7 Å². The minimum Gasteiger partial charge on any atom is -0.491 e. The number of hydrogen-bond acceptors (Lipinski definition) is 7. The summed E-state index contributed by atoms with van der Waals surface area (Å²) in [7, 11) is 1.75. The van der Waals surface area contributed by atoms with Crippen molar-refractivity contribution in [2.45, 2.75) is 18.9 Å². The minimum atomic E-state index is -0.148. The molecule has 0 bridgehead atoms. The topological polar surface area (TPSA) is 86.6 Å². The van der Waals surface area contributed by atoms with Gasteiger partial charge in [0.05, 0.1) is 41.3 Å². The quantitative estimate of drug-likeness (QED) is 0.590. The van der Waals surface area contributed by atoms with Crippen LogP contribution in [0, 0.1) is 0 Å². The van der Waals surface area contributed by atoms with Crippen LogP contribution in [0.5, 0.6) is 5.88 Å². The van der Waals surface area contributed by atoms with Gasteiger partial charge < -0.3 is 29.4 Å². The number of aryl methyl sites for hydroxylation is 1. The summed E-state index contributed by atoms with van der Waals surface area (Å²) < 4.78 is 18.6. The molecular formula is C24H25ClN4O4. The van der Waals surface area contributed by atoms with Crippen LogP contribution in [0.1, 0.15) is 18.4 Å². The number of nitrogens with one attached hydrogen (secondary N) is 2. The number of nitrogens with zero attached hydrogens (tertiary/aromatic N) is 2. The number of benzene rings is 1. The van der Waals surface area contributed by atoms with Gasteiger partial charge in [-0.25, -0.2) is 4.98 Å². The zero-order valence-corrected chi connectivity index (χ0v) is 19.1. The summed E-state index contributed by atoms with van der Waals surface area (Å²) in [5.41, 5.74) is 3.33. The Kier molecular flexibility index (Phi) is 5.86. The first-order chi connectivity index (χ1) is 16.0. The highest BCUT2D eigenvalue weighted by Gasteiger charge is 2.21. The average Bonchev–Trinajstić information content (AvgIpc) is 3.02. The van der Waals surface area contributed by atoms with E-state index in [0.717, 1.165) is 35.1 Å². The molecule has 0 radical (unpaired) electrons. The maximum Gasteiger partial charge on any atom is 0.263 e. The van der Waals surface area contributed by atoms with Crippen molar-refractivity contribution in [1.82, 2.24) is 9.55 Å². The Morgan fingerprint density at radius 1 is 1.27 bits per heavy atom. The maximum atomic E-state index is 12.9. The van der Waals surface area contributed by atoms with Crippen molar-refractivity contribution in [1.29, 1.82) is 0 Å². The van der Waals surface area contributed by atoms with Crippen LogP contribution in [0.25, 0.3) is 16.7 Å². The lowest BCUT2D eigenvalue weighted by Crippen LogP contribution is -2.26. The van der Waals surface area contributed by atoms with Crippen LogP contribution in [-0.4, -0.2) is 42.0 Å². The Hall–Kier alpha value is -3.23. The number of anilines is 3. The van der Waals surface area contributed by atoms with Crippen LogP contribution in [0.2, 0.25) is 5.02 Å². The van der Waals surface area contributed by atoms with Crippen molar-refractivity contribution in [3.05, 3.63) is 58.0 Å². The molecule has 33 heavy (non-hydrogen) atoms. The fraction of sp³-hybridized carbons (Fsp3) is 0.333. The molecule has 2 aliphatic rings. The normalized spacial score (nSPS) is 16.5. The summed E-state index contributed by atoms with van der Waals surface area (Å²) in [6, 6.07) is 7.60. The Balaban J connectivity index is 1.50. The number of halogens is 1. The van der Waals surface area contributed by atoms with E-state index >= 15 is 0 Å². The lowest BCUT2D eigenvalue weighted by molar-refractivity contribution is 0.0238. The lowest BCUT2D eigenvalue weighted by Gasteiger charge is -2.23. The molecule has 0 atom stereocenters. The first kappa shape index (κ1) is 21.6. The monoisotopic (exact) mass is 468 g/mol. The highest BCUT2D eigenvalue weighted by molar-refractivity contribution is 6.33. The highest BCUT2D eigenvalue weighted by Crippen LogP contribution is 2.34. The lowest BCUT2D eigenvalue weighted by atomic mass is 10.1. The second-order valence-corrected chi connectivity index (χ2v) is 8.51. The van der Waals surface area contributed by atoms with E-state index in [9.17, 15) is 4.79 Å². The number of aromatic nitrogens is 2. The van der Waals surface area contributed by atoms with Crippen molar-refractivity contribution in [2.24, 2.45) is 7.05 Å². The van der Waals surface area contributed by atoms with Crippen molar-refractivity contribution in [3.63, 3.8) is 0 Å². The van der Waals surface area contributed by atoms with Gasteiger partial charge in [0.15, 0.2) is 0 Å². The molecule has 0 saturated carbocycles. The van der Waals surface area contributed by atoms with Crippen LogP contribution >= 0.6 is 11.6 Å². The predicted octanol–water partition coefficient (Wildman–Crippen LogP) is 4.30. The zero-order chi connectivity index (χ0) is 22.9. The number of rotatable bonds is 4. The number of ether oxygens (including phenoxy) is 3. The van der Waals surface area contributed by atoms with Gasteiger partial charge in [-0.15, -0.1) is 0 Å². The van der Waals surface area contributed by atoms with E-state index in [2.05, 4.69) is 22.2 Å². The van der Waals surface area contributed by atoms with Gasteiger partial charge in [0.1, 0.15) is 24.0 Å². The van der Waals surface area contributed by atoms with E-state index in [1.807, 2.05) is 18.2 Å². The van der Waals surface area contributed by atoms with Crippen molar-refractivity contribution in [2.75, 3.05) is 37.0 Å². The highest BCUT2D eigenvalue weighted by atomic mass is 35.5. The van der Waals surface area contributed by atoms with Gasteiger partial charge >= 0.3 is 0 Å². The molecule has 2 N–H and O–H groups in total. The molecule has 3 aromatic rings. The standard InChI is InChI=1S/C24H25ClN4O4/c1-14-22-23(26-7-10-32-14)17-11-15(3-4-20(17)29(2)24(22)30)28-19-12-21(27-13-18(19)25)33-16-5-8-31-9-6-16/h3-4,11-13,16,26H,1,5-10H2,2H3,(H,27,28). The van der Waals surface area contributed by atoms with E-state index in [1.54, 1.807) is 23.9 Å². The fourth-order valence-electron chi connectivity index (χ4n) is 4.19. The molecule has 172 valence electrons. The Morgan fingerprint density at radius 2 is 2.09 bits per heavy atom. The molecule has 1 fully saturated rings. The van der Waals surface area contributed by atoms with Crippen LogP contribution in [-0.2, 0) is 16.5 Å². The molecule has 2 aromatic heterocycles. The summed E-state index contributed by atoms with van der Waals surface area (Å²) in [4.78, 5) is 17.2. The third kappa shape index (κ3) is 4.24. The molecule has 0 unspecified atom stereocenters. The average molecular weight is 469 g/mol. The van der Waals surface area contributed by atoms with Gasteiger partial charge in [-0.05, 0) is 18.2 Å². The van der Waals surface area contributed by atoms with E-state index in [4.69, 9.17) is 25.8 Å². The van der Waals surface area contributed by atoms with Crippen molar-refractivity contribution >= 4 is 45.3 Å². The van der Waals surface area contributed by atoms with Gasteiger partial charge in [-0.3, -0.25) is 4.79 Å². The molecule has 5 rings (SSSR count). The molecule has 2 aliphatic heterocycles. The van der Waals surface area contributed by atoms with Crippen LogP contribution < -0.4 is 20.9 Å². The summed E-state index contributed by atoms with van der Waals surface area (Å²) in [5, 5.41) is 8.06. The van der Waals surface area contributed by atoms with Gasteiger partial charge in [0.25, 0.3) is 5.56 Å². The fourth-order valence-corrected chi connectivity index (χ4v) is 4.34. The third-order valence-electron chi connectivity index (χ3n) is 5.92. The van der Waals surface area contributed by atoms with Gasteiger partial charge in [0, 0.05) is 43.6 Å². The van der Waals surface area contributed by atoms with E-state index in [0.29, 0.717) is 54.3 Å². The molecule has 9 heteroatoms. The largest absolute Gasteiger partial charge is 0.491 e. The Labute approximate surface area is 196 Å². The van der Waals surface area contributed by atoms with Crippen LogP contribution in [0.4, 0.5) is 17.1 Å². The molecule has 1 aromatic carbocycles. The molecule has 8 nitrogen and oxygen atoms in total. The second kappa shape index (κ2) is 8.96. The van der Waals surface area contributed by atoms with Crippen LogP contribution in [0.3, 0.4) is 0 Å². The Morgan fingerprint density at radius 3 is 2.91 bits per heavy atom. The molecule has 0 spiro atoms. The first-order valence-corrected chi connectivity index (χ1v) is 11.3. The summed E-state index contributed by atoms with van der Waals surface area (Å²) >= 11 is 6.42. The summed E-state index contributed by atoms with van der Waals surface area (Å²) in [6.45, 7) is 6.35. The predicted molar refractivity (Wildman–Crippen MR) is 130 cm³/mol. The zero-order valence-electron chi connectivity index (χ0n) is 18.3. The third-order valence-corrected chi connectivity index (χ3v) is 6.22. The summed E-state index contributed by atoms with van der Waals surface area (Å²) in [6.07, 6.45) is 3.34. The first-order valence-electron chi connectivity index (χ1n) is 10.9. The van der Waals surface area contributed by atoms with Gasteiger partial charge in [-0.2, -0.15) is 0 Å². The number of fused-ring (bicyclic) bond motifs is 3. The van der Waals surface area contributed by atoms with E-state index in [1.165, 1.54) is 0 Å². The smallest absolute Gasteiger partial charge is 0.263 e. The Bertz CT molecular complexity index is 1280. The maximum absolute atomic E-state index is 12.9. The van der Waals surface area contributed by atoms with Crippen molar-refractivity contribution < 1.29 is 14.2 Å². The molecule has 0 aliphatic carbocycles.